The van der Waals surface area contributed by atoms with E-state index < -0.39 is 0 Å². The van der Waals surface area contributed by atoms with Gasteiger partial charge in [0.1, 0.15) is 5.00 Å². The predicted octanol–water partition coefficient (Wildman–Crippen LogP) is 3.15. The Morgan fingerprint density at radius 1 is 1.23 bits per heavy atom. The highest BCUT2D eigenvalue weighted by molar-refractivity contribution is 9.10. The second-order valence-corrected chi connectivity index (χ2v) is 4.37. The molecule has 0 atom stereocenters. The zero-order valence-corrected chi connectivity index (χ0v) is 9.10. The molecule has 66 valence electrons. The minimum atomic E-state index is 0.748. The molecule has 0 amide bonds. The average Bonchev–Trinajstić information content (AvgIpc) is 2.53. The lowest BCUT2D eigenvalue weighted by Gasteiger charge is -1.94. The van der Waals surface area contributed by atoms with Crippen LogP contribution >= 0.6 is 27.5 Å². The Hall–Kier alpha value is -0.870. The topological polar surface area (TPSA) is 38.9 Å². The summed E-state index contributed by atoms with van der Waals surface area (Å²) in [5, 5.41) is 0.748. The van der Waals surface area contributed by atoms with Crippen molar-refractivity contribution in [1.82, 2.24) is 4.37 Å². The van der Waals surface area contributed by atoms with Crippen LogP contribution in [-0.4, -0.2) is 4.37 Å². The predicted molar refractivity (Wildman–Crippen MR) is 59.7 cm³/mol. The molecule has 1 aromatic carbocycles. The summed E-state index contributed by atoms with van der Waals surface area (Å²) in [7, 11) is 0. The summed E-state index contributed by atoms with van der Waals surface area (Å²) in [6.07, 6.45) is 0. The highest BCUT2D eigenvalue weighted by atomic mass is 79.9. The van der Waals surface area contributed by atoms with Crippen molar-refractivity contribution in [2.24, 2.45) is 0 Å². The maximum Gasteiger partial charge on any atom is 0.107 e. The van der Waals surface area contributed by atoms with Crippen molar-refractivity contribution in [2.45, 2.75) is 0 Å². The highest BCUT2D eigenvalue weighted by Gasteiger charge is 2.01. The highest BCUT2D eigenvalue weighted by Crippen LogP contribution is 2.24. The van der Waals surface area contributed by atoms with Crippen LogP contribution in [0.3, 0.4) is 0 Å². The number of nitrogens with zero attached hydrogens (tertiary/aromatic N) is 1. The van der Waals surface area contributed by atoms with Crippen LogP contribution in [0.25, 0.3) is 11.3 Å². The molecular weight excluding hydrogens is 248 g/mol. The fourth-order valence-corrected chi connectivity index (χ4v) is 1.84. The summed E-state index contributed by atoms with van der Waals surface area (Å²) in [5.74, 6) is 0. The Kier molecular flexibility index (Phi) is 2.33. The van der Waals surface area contributed by atoms with Crippen molar-refractivity contribution >= 4 is 32.5 Å². The largest absolute Gasteiger partial charge is 0.389 e. The molecule has 2 N–H and O–H groups in total. The van der Waals surface area contributed by atoms with Crippen molar-refractivity contribution in [3.63, 3.8) is 0 Å². The van der Waals surface area contributed by atoms with Crippen LogP contribution in [0.5, 0.6) is 0 Å². The monoisotopic (exact) mass is 254 g/mol. The lowest BCUT2D eigenvalue weighted by Crippen LogP contribution is -1.76. The van der Waals surface area contributed by atoms with Crippen molar-refractivity contribution in [1.29, 1.82) is 0 Å². The van der Waals surface area contributed by atoms with Crippen molar-refractivity contribution in [3.05, 3.63) is 34.8 Å². The second-order valence-electron chi connectivity index (χ2n) is 2.62. The molecular formula is C9H7BrN2S. The van der Waals surface area contributed by atoms with Gasteiger partial charge in [-0.15, -0.1) is 0 Å². The van der Waals surface area contributed by atoms with Crippen molar-refractivity contribution in [2.75, 3.05) is 5.73 Å². The number of aromatic nitrogens is 1. The third-order valence-electron chi connectivity index (χ3n) is 1.67. The third kappa shape index (κ3) is 1.89. The molecule has 0 aliphatic carbocycles. The number of nitrogens with two attached hydrogens (primary N) is 1. The number of hydrogen-bond acceptors (Lipinski definition) is 3. The first kappa shape index (κ1) is 8.72. The van der Waals surface area contributed by atoms with Crippen LogP contribution < -0.4 is 5.73 Å². The number of hydrogen-bond donors (Lipinski definition) is 1. The van der Waals surface area contributed by atoms with Gasteiger partial charge >= 0.3 is 0 Å². The maximum atomic E-state index is 5.59. The number of benzene rings is 1. The van der Waals surface area contributed by atoms with Gasteiger partial charge in [-0.25, -0.2) is 0 Å². The molecule has 0 spiro atoms. The SMILES string of the molecule is Nc1cc(-c2ccc(Br)cc2)ns1. The van der Waals surface area contributed by atoms with E-state index in [2.05, 4.69) is 20.3 Å². The van der Waals surface area contributed by atoms with E-state index in [-0.39, 0.29) is 0 Å². The fraction of sp³-hybridized carbons (Fsp3) is 0. The first-order valence-electron chi connectivity index (χ1n) is 3.74. The lowest BCUT2D eigenvalue weighted by atomic mass is 10.2. The Bertz CT molecular complexity index is 408. The Morgan fingerprint density at radius 2 is 1.92 bits per heavy atom. The van der Waals surface area contributed by atoms with Gasteiger partial charge in [-0.2, -0.15) is 4.37 Å². The first-order valence-corrected chi connectivity index (χ1v) is 5.30. The van der Waals surface area contributed by atoms with Gasteiger partial charge in [0, 0.05) is 16.1 Å². The standard InChI is InChI=1S/C9H7BrN2S/c10-7-3-1-6(2-4-7)8-5-9(11)13-12-8/h1-5H,11H2. The fourth-order valence-electron chi connectivity index (χ4n) is 1.05. The average molecular weight is 255 g/mol. The zero-order chi connectivity index (χ0) is 9.26. The van der Waals surface area contributed by atoms with Gasteiger partial charge in [0.25, 0.3) is 0 Å². The smallest absolute Gasteiger partial charge is 0.107 e. The minimum Gasteiger partial charge on any atom is -0.389 e. The van der Waals surface area contributed by atoms with E-state index in [0.29, 0.717) is 0 Å². The molecule has 4 heteroatoms. The molecule has 0 saturated carbocycles. The van der Waals surface area contributed by atoms with E-state index in [4.69, 9.17) is 5.73 Å². The van der Waals surface area contributed by atoms with Crippen LogP contribution in [0, 0.1) is 0 Å². The number of rotatable bonds is 1. The Labute approximate surface area is 88.7 Å². The van der Waals surface area contributed by atoms with E-state index in [1.807, 2.05) is 30.3 Å². The Balaban J connectivity index is 2.41. The van der Waals surface area contributed by atoms with E-state index in [1.165, 1.54) is 11.5 Å². The van der Waals surface area contributed by atoms with Gasteiger partial charge in [0.2, 0.25) is 0 Å². The van der Waals surface area contributed by atoms with Gasteiger partial charge in [0.05, 0.1) is 5.69 Å². The molecule has 1 aromatic heterocycles. The molecule has 2 nitrogen and oxygen atoms in total. The van der Waals surface area contributed by atoms with Crippen molar-refractivity contribution in [3.8, 4) is 11.3 Å². The summed E-state index contributed by atoms with van der Waals surface area (Å²) in [6.45, 7) is 0. The molecule has 0 fully saturated rings. The molecule has 2 aromatic rings. The van der Waals surface area contributed by atoms with Crippen LogP contribution in [0.15, 0.2) is 34.8 Å². The molecule has 2 rings (SSSR count). The van der Waals surface area contributed by atoms with Gasteiger partial charge in [-0.05, 0) is 23.7 Å². The normalized spacial score (nSPS) is 10.2. The lowest BCUT2D eigenvalue weighted by molar-refractivity contribution is 1.51. The summed E-state index contributed by atoms with van der Waals surface area (Å²) in [6, 6.07) is 9.89. The van der Waals surface area contributed by atoms with Gasteiger partial charge in [-0.3, -0.25) is 0 Å². The number of anilines is 1. The van der Waals surface area contributed by atoms with E-state index in [0.717, 1.165) is 20.7 Å². The Morgan fingerprint density at radius 3 is 2.46 bits per heavy atom. The molecule has 13 heavy (non-hydrogen) atoms. The second kappa shape index (κ2) is 3.47. The van der Waals surface area contributed by atoms with E-state index in [9.17, 15) is 0 Å². The van der Waals surface area contributed by atoms with Crippen LogP contribution in [-0.2, 0) is 0 Å². The molecule has 0 aliphatic heterocycles. The third-order valence-corrected chi connectivity index (χ3v) is 2.81. The van der Waals surface area contributed by atoms with Crippen LogP contribution in [0.2, 0.25) is 0 Å². The quantitative estimate of drug-likeness (QED) is 0.850. The molecule has 1 heterocycles. The van der Waals surface area contributed by atoms with Gasteiger partial charge in [-0.1, -0.05) is 28.1 Å². The van der Waals surface area contributed by atoms with Crippen LogP contribution in [0.4, 0.5) is 5.00 Å². The molecule has 0 saturated heterocycles. The summed E-state index contributed by atoms with van der Waals surface area (Å²) >= 11 is 4.70. The first-order chi connectivity index (χ1) is 6.25. The van der Waals surface area contributed by atoms with Gasteiger partial charge < -0.3 is 5.73 Å². The van der Waals surface area contributed by atoms with E-state index >= 15 is 0 Å². The minimum absolute atomic E-state index is 0.748. The summed E-state index contributed by atoms with van der Waals surface area (Å²) < 4.78 is 5.29. The molecule has 0 radical (unpaired) electrons. The maximum absolute atomic E-state index is 5.59. The summed E-state index contributed by atoms with van der Waals surface area (Å²) in [4.78, 5) is 0. The van der Waals surface area contributed by atoms with Gasteiger partial charge in [0.15, 0.2) is 0 Å². The summed E-state index contributed by atoms with van der Waals surface area (Å²) in [5.41, 5.74) is 7.63. The molecule has 0 bridgehead atoms. The van der Waals surface area contributed by atoms with Crippen LogP contribution in [0.1, 0.15) is 0 Å². The van der Waals surface area contributed by atoms with Crippen molar-refractivity contribution < 1.29 is 0 Å². The molecule has 0 unspecified atom stereocenters. The molecule has 0 aliphatic rings. The zero-order valence-electron chi connectivity index (χ0n) is 6.70. The van der Waals surface area contributed by atoms with E-state index in [1.54, 1.807) is 0 Å². The number of halogens is 1. The number of nitrogen functional groups attached to an aromatic ring is 1.